The molecule has 1 fully saturated rings. The molecule has 3 rings (SSSR count). The maximum absolute atomic E-state index is 11.2. The van der Waals surface area contributed by atoms with Crippen molar-refractivity contribution < 1.29 is 20.0 Å². The first-order valence-electron chi connectivity index (χ1n) is 11.6. The van der Waals surface area contributed by atoms with E-state index in [2.05, 4.69) is 65.8 Å². The van der Waals surface area contributed by atoms with E-state index in [9.17, 15) is 10.2 Å². The average Bonchev–Trinajstić information content (AvgIpc) is 2.70. The van der Waals surface area contributed by atoms with Crippen molar-refractivity contribution >= 4 is 0 Å². The summed E-state index contributed by atoms with van der Waals surface area (Å²) < 4.78 is 0. The van der Waals surface area contributed by atoms with Crippen LogP contribution in [0.25, 0.3) is 0 Å². The molecule has 0 unspecified atom stereocenters. The molecule has 1 aliphatic rings. The lowest BCUT2D eigenvalue weighted by Crippen LogP contribution is -3.28. The fraction of sp³-hybridized carbons (Fsp3) is 0.577. The molecule has 5 nitrogen and oxygen atoms in total. The summed E-state index contributed by atoms with van der Waals surface area (Å²) in [5.41, 5.74) is 3.99. The van der Waals surface area contributed by atoms with Crippen molar-refractivity contribution in [2.24, 2.45) is 0 Å². The van der Waals surface area contributed by atoms with Crippen molar-refractivity contribution in [3.8, 4) is 5.75 Å². The highest BCUT2D eigenvalue weighted by Crippen LogP contribution is 2.41. The molecule has 1 atom stereocenters. The Kier molecular flexibility index (Phi) is 7.09. The summed E-state index contributed by atoms with van der Waals surface area (Å²) in [7, 11) is 0. The number of aliphatic hydroxyl groups is 1. The zero-order valence-electron chi connectivity index (χ0n) is 20.1. The lowest BCUT2D eigenvalue weighted by molar-refractivity contribution is -1.02. The van der Waals surface area contributed by atoms with Gasteiger partial charge >= 0.3 is 0 Å². The zero-order chi connectivity index (χ0) is 22.8. The van der Waals surface area contributed by atoms with Crippen LogP contribution in [0.4, 0.5) is 0 Å². The highest BCUT2D eigenvalue weighted by molar-refractivity contribution is 5.51. The second-order valence-electron chi connectivity index (χ2n) is 11.0. The minimum atomic E-state index is -0.159. The van der Waals surface area contributed by atoms with Gasteiger partial charge in [-0.1, -0.05) is 47.6 Å². The minimum absolute atomic E-state index is 0.125. The number of aliphatic hydroxyl groups excluding tert-OH is 1. The van der Waals surface area contributed by atoms with E-state index < -0.39 is 0 Å². The monoisotopic (exact) mass is 427 g/mol. The fourth-order valence-electron chi connectivity index (χ4n) is 4.75. The number of aromatic nitrogens is 1. The molecule has 0 spiro atoms. The quantitative estimate of drug-likeness (QED) is 0.581. The van der Waals surface area contributed by atoms with Gasteiger partial charge < -0.3 is 20.0 Å². The Balaban J connectivity index is 2.11. The second-order valence-corrected chi connectivity index (χ2v) is 11.0. The van der Waals surface area contributed by atoms with Crippen molar-refractivity contribution in [3.63, 3.8) is 0 Å². The normalized spacial score (nSPS) is 21.1. The maximum atomic E-state index is 11.2. The van der Waals surface area contributed by atoms with Gasteiger partial charge in [0, 0.05) is 22.9 Å². The first-order chi connectivity index (χ1) is 14.5. The van der Waals surface area contributed by atoms with Crippen LogP contribution in [0.5, 0.6) is 5.75 Å². The molecule has 1 saturated heterocycles. The molecule has 0 saturated carbocycles. The number of nitrogens with one attached hydrogen (secondary N) is 2. The lowest BCUT2D eigenvalue weighted by atomic mass is 9.77. The predicted octanol–water partition coefficient (Wildman–Crippen LogP) is 1.25. The molecule has 1 aliphatic heterocycles. The van der Waals surface area contributed by atoms with Crippen molar-refractivity contribution in [2.75, 3.05) is 39.3 Å². The Hall–Kier alpha value is -1.95. The summed E-state index contributed by atoms with van der Waals surface area (Å²) in [4.78, 5) is 7.74. The van der Waals surface area contributed by atoms with Crippen LogP contribution in [0, 0.1) is 0 Å². The van der Waals surface area contributed by atoms with Gasteiger partial charge in [-0.25, -0.2) is 0 Å². The average molecular weight is 428 g/mol. The number of nitrogens with zero attached hydrogens (tertiary/aromatic N) is 1. The second kappa shape index (κ2) is 9.27. The molecule has 31 heavy (non-hydrogen) atoms. The van der Waals surface area contributed by atoms with Crippen LogP contribution >= 0.6 is 0 Å². The van der Waals surface area contributed by atoms with E-state index in [-0.39, 0.29) is 23.5 Å². The Bertz CT molecular complexity index is 825. The molecule has 1 aromatic carbocycles. The van der Waals surface area contributed by atoms with Crippen LogP contribution in [0.1, 0.15) is 70.0 Å². The lowest BCUT2D eigenvalue weighted by Gasteiger charge is -2.36. The Labute approximate surface area is 187 Å². The highest BCUT2D eigenvalue weighted by atomic mass is 16.3. The number of benzene rings is 1. The van der Waals surface area contributed by atoms with E-state index in [4.69, 9.17) is 4.98 Å². The third-order valence-electron chi connectivity index (χ3n) is 6.54. The summed E-state index contributed by atoms with van der Waals surface area (Å²) in [6.45, 7) is 18.2. The number of piperazine rings is 1. The van der Waals surface area contributed by atoms with Crippen molar-refractivity contribution in [3.05, 3.63) is 58.9 Å². The number of quaternary nitrogens is 2. The van der Waals surface area contributed by atoms with E-state index >= 15 is 0 Å². The van der Waals surface area contributed by atoms with Gasteiger partial charge in [0.15, 0.2) is 6.04 Å². The molecule has 0 amide bonds. The SMILES string of the molecule is CC(C)(C)c1cc([C@H](c2ccccn2)[NH+]2CC[NH+](CCO)CC2)cc(C(C)(C)C)c1O. The molecule has 0 radical (unpaired) electrons. The number of pyridine rings is 1. The van der Waals surface area contributed by atoms with E-state index in [1.54, 1.807) is 0 Å². The van der Waals surface area contributed by atoms with Crippen LogP contribution in [0.15, 0.2) is 36.5 Å². The molecule has 2 aromatic rings. The predicted molar refractivity (Wildman–Crippen MR) is 125 cm³/mol. The first-order valence-corrected chi connectivity index (χ1v) is 11.6. The van der Waals surface area contributed by atoms with Crippen LogP contribution < -0.4 is 9.80 Å². The van der Waals surface area contributed by atoms with Gasteiger partial charge in [-0.15, -0.1) is 0 Å². The fourth-order valence-corrected chi connectivity index (χ4v) is 4.75. The molecular weight excluding hydrogens is 386 g/mol. The number of phenolic OH excluding ortho intramolecular Hbond substituents is 1. The van der Waals surface area contributed by atoms with E-state index in [1.165, 1.54) is 15.4 Å². The van der Waals surface area contributed by atoms with Gasteiger partial charge in [0.25, 0.3) is 0 Å². The highest BCUT2D eigenvalue weighted by Gasteiger charge is 2.35. The zero-order valence-corrected chi connectivity index (χ0v) is 20.1. The third-order valence-corrected chi connectivity index (χ3v) is 6.54. The molecule has 170 valence electrons. The summed E-state index contributed by atoms with van der Waals surface area (Å²) >= 11 is 0. The Morgan fingerprint density at radius 2 is 1.52 bits per heavy atom. The molecule has 5 heteroatoms. The molecular formula is C26H41N3O2+2. The third kappa shape index (κ3) is 5.46. The van der Waals surface area contributed by atoms with Gasteiger partial charge in [-0.05, 0) is 35.1 Å². The summed E-state index contributed by atoms with van der Waals surface area (Å²) in [5.74, 6) is 0.427. The largest absolute Gasteiger partial charge is 0.507 e. The van der Waals surface area contributed by atoms with Crippen LogP contribution in [0.3, 0.4) is 0 Å². The first kappa shape index (κ1) is 23.7. The van der Waals surface area contributed by atoms with Crippen LogP contribution in [0.2, 0.25) is 0 Å². The van der Waals surface area contributed by atoms with Crippen molar-refractivity contribution in [1.82, 2.24) is 4.98 Å². The van der Waals surface area contributed by atoms with E-state index in [0.717, 1.165) is 49.5 Å². The number of phenols is 1. The Morgan fingerprint density at radius 3 is 1.97 bits per heavy atom. The maximum Gasteiger partial charge on any atom is 0.156 e. The smallest absolute Gasteiger partial charge is 0.156 e. The number of rotatable bonds is 5. The summed E-state index contributed by atoms with van der Waals surface area (Å²) in [5, 5.41) is 20.5. The minimum Gasteiger partial charge on any atom is -0.507 e. The molecule has 4 N–H and O–H groups in total. The van der Waals surface area contributed by atoms with Gasteiger partial charge in [-0.3, -0.25) is 4.98 Å². The van der Waals surface area contributed by atoms with Crippen molar-refractivity contribution in [2.45, 2.75) is 58.4 Å². The van der Waals surface area contributed by atoms with Crippen molar-refractivity contribution in [1.29, 1.82) is 0 Å². The van der Waals surface area contributed by atoms with Gasteiger partial charge in [0.1, 0.15) is 44.2 Å². The van der Waals surface area contributed by atoms with Gasteiger partial charge in [-0.2, -0.15) is 0 Å². The summed E-state index contributed by atoms with van der Waals surface area (Å²) in [6, 6.07) is 10.7. The molecule has 0 bridgehead atoms. The standard InChI is InChI=1S/C26H39N3O2/c1-25(2,3)20-17-19(18-21(24(20)31)26(4,5)6)23(22-9-7-8-10-27-22)29-13-11-28(12-14-29)15-16-30/h7-10,17-18,23,30-31H,11-16H2,1-6H3/p+2/t23-/m1/s1. The van der Waals surface area contributed by atoms with E-state index in [0.29, 0.717) is 5.75 Å². The van der Waals surface area contributed by atoms with Gasteiger partial charge in [0.05, 0.1) is 6.61 Å². The number of aromatic hydroxyl groups is 1. The molecule has 0 aliphatic carbocycles. The Morgan fingerprint density at radius 1 is 0.935 bits per heavy atom. The topological polar surface area (TPSA) is 62.2 Å². The van der Waals surface area contributed by atoms with Crippen LogP contribution in [-0.4, -0.2) is 54.5 Å². The molecule has 1 aromatic heterocycles. The van der Waals surface area contributed by atoms with E-state index in [1.807, 2.05) is 12.3 Å². The number of hydrogen-bond donors (Lipinski definition) is 4. The van der Waals surface area contributed by atoms with Crippen LogP contribution in [-0.2, 0) is 10.8 Å². The van der Waals surface area contributed by atoms with Gasteiger partial charge in [0.2, 0.25) is 0 Å². The summed E-state index contributed by atoms with van der Waals surface area (Å²) in [6.07, 6.45) is 1.88. The molecule has 2 heterocycles. The number of hydrogen-bond acceptors (Lipinski definition) is 3.